The molecule has 2 aliphatic rings. The van der Waals surface area contributed by atoms with Gasteiger partial charge in [0.05, 0.1) is 0 Å². The molecule has 1 saturated carbocycles. The van der Waals surface area contributed by atoms with E-state index >= 15 is 0 Å². The van der Waals surface area contributed by atoms with Crippen LogP contribution in [0.15, 0.2) is 60.7 Å². The molecule has 2 aromatic rings. The molecule has 1 saturated heterocycles. The first kappa shape index (κ1) is 19.7. The largest absolute Gasteiger partial charge is 0.440 e. The summed E-state index contributed by atoms with van der Waals surface area (Å²) in [4.78, 5) is 27.6. The number of benzene rings is 2. The molecule has 2 aromatic carbocycles. The van der Waals surface area contributed by atoms with Crippen LogP contribution >= 0.6 is 0 Å². The van der Waals surface area contributed by atoms with Crippen molar-refractivity contribution in [2.24, 2.45) is 5.92 Å². The van der Waals surface area contributed by atoms with Gasteiger partial charge in [0.1, 0.15) is 11.6 Å². The second-order valence-corrected chi connectivity index (χ2v) is 8.81. The van der Waals surface area contributed by atoms with E-state index in [-0.39, 0.29) is 11.8 Å². The van der Waals surface area contributed by atoms with Crippen molar-refractivity contribution >= 4 is 12.0 Å². The minimum atomic E-state index is -0.760. The van der Waals surface area contributed by atoms with E-state index in [1.54, 1.807) is 0 Å². The van der Waals surface area contributed by atoms with Crippen molar-refractivity contribution in [1.82, 2.24) is 4.90 Å². The maximum atomic E-state index is 13.5. The summed E-state index contributed by atoms with van der Waals surface area (Å²) in [5.74, 6) is 0.484. The van der Waals surface area contributed by atoms with Crippen molar-refractivity contribution in [3.8, 4) is 0 Å². The van der Waals surface area contributed by atoms with Crippen molar-refractivity contribution in [3.05, 3.63) is 71.8 Å². The molecule has 0 N–H and O–H groups in total. The van der Waals surface area contributed by atoms with Crippen LogP contribution in [0.3, 0.4) is 0 Å². The van der Waals surface area contributed by atoms with E-state index in [4.69, 9.17) is 4.74 Å². The summed E-state index contributed by atoms with van der Waals surface area (Å²) < 4.78 is 5.63. The predicted octanol–water partition coefficient (Wildman–Crippen LogP) is 5.85. The minimum Gasteiger partial charge on any atom is -0.440 e. The van der Waals surface area contributed by atoms with Crippen LogP contribution in [0.5, 0.6) is 0 Å². The van der Waals surface area contributed by atoms with Gasteiger partial charge in [0, 0.05) is 6.42 Å². The SMILES string of the molecule is CC1(C)OC(=O)N(C(=O)C[C@H](c2ccccc2)C2CCCC2)[C@@H]1c1ccccc1. The lowest BCUT2D eigenvalue weighted by atomic mass is 9.82. The molecule has 0 unspecified atom stereocenters. The fraction of sp³-hybridized carbons (Fsp3) is 0.440. The van der Waals surface area contributed by atoms with Crippen molar-refractivity contribution < 1.29 is 14.3 Å². The van der Waals surface area contributed by atoms with Gasteiger partial charge in [0.15, 0.2) is 0 Å². The molecular weight excluding hydrogens is 362 g/mol. The van der Waals surface area contributed by atoms with E-state index in [1.165, 1.54) is 23.3 Å². The van der Waals surface area contributed by atoms with Gasteiger partial charge in [-0.3, -0.25) is 4.79 Å². The molecule has 152 valence electrons. The Labute approximate surface area is 172 Å². The topological polar surface area (TPSA) is 46.6 Å². The molecule has 29 heavy (non-hydrogen) atoms. The fourth-order valence-corrected chi connectivity index (χ4v) is 5.08. The maximum absolute atomic E-state index is 13.5. The Balaban J connectivity index is 1.63. The standard InChI is InChI=1S/C25H29NO3/c1-25(2)23(20-15-7-4-8-16-20)26(24(28)29-25)22(27)17-21(19-13-9-10-14-19)18-11-5-3-6-12-18/h3-8,11-12,15-16,19,21,23H,9-10,13-14,17H2,1-2H3/t21-,23-/m1/s1. The lowest BCUT2D eigenvalue weighted by molar-refractivity contribution is -0.130. The molecule has 1 aliphatic heterocycles. The van der Waals surface area contributed by atoms with E-state index in [0.29, 0.717) is 12.3 Å². The highest BCUT2D eigenvalue weighted by molar-refractivity contribution is 5.94. The first-order valence-electron chi connectivity index (χ1n) is 10.6. The molecule has 4 nitrogen and oxygen atoms in total. The Bertz CT molecular complexity index is 856. The number of cyclic esters (lactones) is 1. The molecule has 0 spiro atoms. The Morgan fingerprint density at radius 2 is 1.62 bits per heavy atom. The molecule has 4 rings (SSSR count). The van der Waals surface area contributed by atoms with Crippen LogP contribution in [0.1, 0.15) is 69.0 Å². The summed E-state index contributed by atoms with van der Waals surface area (Å²) in [6.45, 7) is 3.75. The van der Waals surface area contributed by atoms with Crippen LogP contribution in [-0.4, -0.2) is 22.5 Å². The summed E-state index contributed by atoms with van der Waals surface area (Å²) in [5, 5.41) is 0. The quantitative estimate of drug-likeness (QED) is 0.642. The molecule has 0 aromatic heterocycles. The number of rotatable bonds is 5. The van der Waals surface area contributed by atoms with Crippen LogP contribution < -0.4 is 0 Å². The van der Waals surface area contributed by atoms with E-state index < -0.39 is 17.7 Å². The molecule has 1 heterocycles. The van der Waals surface area contributed by atoms with Crippen LogP contribution in [0, 0.1) is 5.92 Å². The van der Waals surface area contributed by atoms with Crippen LogP contribution in [0.25, 0.3) is 0 Å². The van der Waals surface area contributed by atoms with Crippen molar-refractivity contribution in [2.45, 2.75) is 63.5 Å². The summed E-state index contributed by atoms with van der Waals surface area (Å²) >= 11 is 0. The molecular formula is C25H29NO3. The van der Waals surface area contributed by atoms with Gasteiger partial charge in [-0.1, -0.05) is 73.5 Å². The lowest BCUT2D eigenvalue weighted by Crippen LogP contribution is -2.39. The zero-order valence-corrected chi connectivity index (χ0v) is 17.2. The molecule has 2 amide bonds. The summed E-state index contributed by atoms with van der Waals surface area (Å²) in [7, 11) is 0. The zero-order chi connectivity index (χ0) is 20.4. The third-order valence-electron chi connectivity index (χ3n) is 6.44. The first-order valence-corrected chi connectivity index (χ1v) is 10.6. The number of hydrogen-bond donors (Lipinski definition) is 0. The summed E-state index contributed by atoms with van der Waals surface area (Å²) in [6, 6.07) is 19.6. The van der Waals surface area contributed by atoms with Gasteiger partial charge < -0.3 is 4.74 Å². The smallest absolute Gasteiger partial charge is 0.417 e. The van der Waals surface area contributed by atoms with Gasteiger partial charge in [0.25, 0.3) is 0 Å². The fourth-order valence-electron chi connectivity index (χ4n) is 5.08. The number of hydrogen-bond acceptors (Lipinski definition) is 3. The Morgan fingerprint density at radius 3 is 2.24 bits per heavy atom. The van der Waals surface area contributed by atoms with Crippen LogP contribution in [-0.2, 0) is 9.53 Å². The number of carbonyl (C=O) groups excluding carboxylic acids is 2. The average Bonchev–Trinajstić information content (AvgIpc) is 3.32. The molecule has 2 atom stereocenters. The van der Waals surface area contributed by atoms with Crippen molar-refractivity contribution in [2.75, 3.05) is 0 Å². The molecule has 4 heteroatoms. The monoisotopic (exact) mass is 391 g/mol. The van der Waals surface area contributed by atoms with Crippen molar-refractivity contribution in [3.63, 3.8) is 0 Å². The third-order valence-corrected chi connectivity index (χ3v) is 6.44. The predicted molar refractivity (Wildman–Crippen MR) is 112 cm³/mol. The highest BCUT2D eigenvalue weighted by Gasteiger charge is 2.51. The normalized spacial score (nSPS) is 22.5. The second-order valence-electron chi connectivity index (χ2n) is 8.81. The highest BCUT2D eigenvalue weighted by atomic mass is 16.6. The van der Waals surface area contributed by atoms with Gasteiger partial charge in [-0.2, -0.15) is 0 Å². The van der Waals surface area contributed by atoms with Gasteiger partial charge >= 0.3 is 6.09 Å². The maximum Gasteiger partial charge on any atom is 0.417 e. The Kier molecular flexibility index (Phi) is 5.44. The van der Waals surface area contributed by atoms with Gasteiger partial charge in [-0.05, 0) is 49.7 Å². The molecule has 1 aliphatic carbocycles. The molecule has 2 fully saturated rings. The summed E-state index contributed by atoms with van der Waals surface area (Å²) in [6.07, 6.45) is 4.52. The molecule has 0 radical (unpaired) electrons. The zero-order valence-electron chi connectivity index (χ0n) is 17.2. The average molecular weight is 392 g/mol. The van der Waals surface area contributed by atoms with Gasteiger partial charge in [-0.25, -0.2) is 9.69 Å². The second kappa shape index (κ2) is 8.02. The molecule has 0 bridgehead atoms. The number of ether oxygens (including phenoxy) is 1. The Morgan fingerprint density at radius 1 is 1.03 bits per heavy atom. The van der Waals surface area contributed by atoms with E-state index in [0.717, 1.165) is 18.4 Å². The number of imide groups is 1. The van der Waals surface area contributed by atoms with Gasteiger partial charge in [-0.15, -0.1) is 0 Å². The number of nitrogens with zero attached hydrogens (tertiary/aromatic N) is 1. The van der Waals surface area contributed by atoms with Gasteiger partial charge in [0.2, 0.25) is 5.91 Å². The van der Waals surface area contributed by atoms with E-state index in [9.17, 15) is 9.59 Å². The van der Waals surface area contributed by atoms with E-state index in [1.807, 2.05) is 62.4 Å². The highest BCUT2D eigenvalue weighted by Crippen LogP contribution is 2.44. The lowest BCUT2D eigenvalue weighted by Gasteiger charge is -2.30. The Hall–Kier alpha value is -2.62. The van der Waals surface area contributed by atoms with Crippen molar-refractivity contribution in [1.29, 1.82) is 0 Å². The number of carbonyl (C=O) groups is 2. The van der Waals surface area contributed by atoms with Crippen LogP contribution in [0.2, 0.25) is 0 Å². The summed E-state index contributed by atoms with van der Waals surface area (Å²) in [5.41, 5.74) is 1.36. The first-order chi connectivity index (χ1) is 14.0. The van der Waals surface area contributed by atoms with E-state index in [2.05, 4.69) is 12.1 Å². The third kappa shape index (κ3) is 3.93. The number of amides is 2. The minimum absolute atomic E-state index is 0.138. The van der Waals surface area contributed by atoms with Crippen LogP contribution in [0.4, 0.5) is 4.79 Å².